The smallest absolute Gasteiger partial charge is 0.126 e. The first-order valence-electron chi connectivity index (χ1n) is 5.89. The summed E-state index contributed by atoms with van der Waals surface area (Å²) < 4.78 is 19.0. The fourth-order valence-corrected chi connectivity index (χ4v) is 2.61. The Morgan fingerprint density at radius 3 is 3.00 bits per heavy atom. The Labute approximate surface area is 106 Å². The maximum Gasteiger partial charge on any atom is 0.126 e. The number of hydrogen-bond donors (Lipinski definition) is 1. The van der Waals surface area contributed by atoms with Crippen LogP contribution >= 0.6 is 11.6 Å². The average Bonchev–Trinajstić information content (AvgIpc) is 2.70. The van der Waals surface area contributed by atoms with E-state index < -0.39 is 0 Å². The summed E-state index contributed by atoms with van der Waals surface area (Å²) in [6.45, 7) is 2.77. The van der Waals surface area contributed by atoms with Gasteiger partial charge in [0.05, 0.1) is 6.10 Å². The van der Waals surface area contributed by atoms with E-state index in [1.54, 1.807) is 12.1 Å². The summed E-state index contributed by atoms with van der Waals surface area (Å²) in [7, 11) is 0. The molecule has 0 aromatic heterocycles. The third kappa shape index (κ3) is 2.97. The fourth-order valence-electron chi connectivity index (χ4n) is 2.42. The molecule has 1 aromatic rings. The second kappa shape index (κ2) is 5.34. The summed E-state index contributed by atoms with van der Waals surface area (Å²) in [4.78, 5) is 0. The van der Waals surface area contributed by atoms with Crippen LogP contribution in [0.2, 0.25) is 5.02 Å². The summed E-state index contributed by atoms with van der Waals surface area (Å²) in [5.41, 5.74) is 6.72. The zero-order chi connectivity index (χ0) is 12.4. The number of rotatable bonds is 3. The molecule has 3 unspecified atom stereocenters. The molecule has 0 radical (unpaired) electrons. The molecule has 94 valence electrons. The van der Waals surface area contributed by atoms with E-state index in [0.29, 0.717) is 22.9 Å². The Bertz CT molecular complexity index is 399. The third-order valence-corrected chi connectivity index (χ3v) is 3.68. The van der Waals surface area contributed by atoms with Crippen molar-refractivity contribution in [2.24, 2.45) is 11.7 Å². The molecule has 0 bridgehead atoms. The van der Waals surface area contributed by atoms with Gasteiger partial charge in [0.2, 0.25) is 0 Å². The zero-order valence-electron chi connectivity index (χ0n) is 9.83. The molecule has 2 N–H and O–H groups in total. The van der Waals surface area contributed by atoms with E-state index in [2.05, 4.69) is 0 Å². The van der Waals surface area contributed by atoms with Gasteiger partial charge in [-0.25, -0.2) is 4.39 Å². The van der Waals surface area contributed by atoms with E-state index in [0.717, 1.165) is 13.0 Å². The van der Waals surface area contributed by atoms with Gasteiger partial charge in [-0.05, 0) is 43.5 Å². The molecule has 17 heavy (non-hydrogen) atoms. The molecule has 1 aliphatic heterocycles. The van der Waals surface area contributed by atoms with Crippen molar-refractivity contribution in [3.05, 3.63) is 34.6 Å². The van der Waals surface area contributed by atoms with Gasteiger partial charge in [0, 0.05) is 23.6 Å². The number of nitrogens with two attached hydrogens (primary N) is 1. The molecule has 1 aromatic carbocycles. The molecule has 1 heterocycles. The monoisotopic (exact) mass is 257 g/mol. The van der Waals surface area contributed by atoms with Gasteiger partial charge >= 0.3 is 0 Å². The molecule has 0 amide bonds. The van der Waals surface area contributed by atoms with Crippen molar-refractivity contribution in [1.82, 2.24) is 0 Å². The number of benzene rings is 1. The zero-order valence-corrected chi connectivity index (χ0v) is 10.6. The van der Waals surface area contributed by atoms with Crippen LogP contribution in [-0.4, -0.2) is 18.8 Å². The normalized spacial score (nSPS) is 26.1. The largest absolute Gasteiger partial charge is 0.378 e. The van der Waals surface area contributed by atoms with Gasteiger partial charge < -0.3 is 10.5 Å². The van der Waals surface area contributed by atoms with Crippen molar-refractivity contribution in [3.63, 3.8) is 0 Å². The molecule has 0 saturated carbocycles. The van der Waals surface area contributed by atoms with Crippen LogP contribution in [0.15, 0.2) is 18.2 Å². The minimum absolute atomic E-state index is 0.0829. The van der Waals surface area contributed by atoms with Crippen molar-refractivity contribution in [2.45, 2.75) is 31.9 Å². The molecule has 0 spiro atoms. The van der Waals surface area contributed by atoms with Gasteiger partial charge in [0.25, 0.3) is 0 Å². The van der Waals surface area contributed by atoms with E-state index in [1.165, 1.54) is 6.07 Å². The van der Waals surface area contributed by atoms with Crippen LogP contribution in [0.5, 0.6) is 0 Å². The van der Waals surface area contributed by atoms with Crippen molar-refractivity contribution < 1.29 is 9.13 Å². The Morgan fingerprint density at radius 2 is 2.35 bits per heavy atom. The third-order valence-electron chi connectivity index (χ3n) is 3.45. The maximum absolute atomic E-state index is 13.6. The quantitative estimate of drug-likeness (QED) is 0.904. The summed E-state index contributed by atoms with van der Waals surface area (Å²) >= 11 is 5.86. The van der Waals surface area contributed by atoms with Gasteiger partial charge in [-0.15, -0.1) is 0 Å². The second-order valence-electron chi connectivity index (χ2n) is 4.63. The highest BCUT2D eigenvalue weighted by Crippen LogP contribution is 2.26. The molecular formula is C13H17ClFNO. The first-order valence-corrected chi connectivity index (χ1v) is 6.27. The van der Waals surface area contributed by atoms with Gasteiger partial charge in [-0.2, -0.15) is 0 Å². The molecule has 1 aliphatic rings. The summed E-state index contributed by atoms with van der Waals surface area (Å²) in [5.74, 6) is 0.0600. The Hall–Kier alpha value is -0.640. The van der Waals surface area contributed by atoms with Gasteiger partial charge in [-0.1, -0.05) is 11.6 Å². The lowest BCUT2D eigenvalue weighted by Gasteiger charge is -2.22. The van der Waals surface area contributed by atoms with Gasteiger partial charge in [0.15, 0.2) is 0 Å². The molecule has 2 nitrogen and oxygen atoms in total. The van der Waals surface area contributed by atoms with E-state index >= 15 is 0 Å². The lowest BCUT2D eigenvalue weighted by Crippen LogP contribution is -2.36. The summed E-state index contributed by atoms with van der Waals surface area (Å²) in [6.07, 6.45) is 1.61. The van der Waals surface area contributed by atoms with E-state index in [4.69, 9.17) is 22.1 Å². The van der Waals surface area contributed by atoms with Crippen LogP contribution in [-0.2, 0) is 11.2 Å². The van der Waals surface area contributed by atoms with Crippen molar-refractivity contribution in [3.8, 4) is 0 Å². The maximum atomic E-state index is 13.6. The average molecular weight is 258 g/mol. The Balaban J connectivity index is 2.07. The first kappa shape index (κ1) is 12.8. The van der Waals surface area contributed by atoms with Gasteiger partial charge in [-0.3, -0.25) is 0 Å². The number of halogens is 2. The minimum atomic E-state index is -0.239. The predicted molar refractivity (Wildman–Crippen MR) is 66.6 cm³/mol. The van der Waals surface area contributed by atoms with Crippen molar-refractivity contribution in [2.75, 3.05) is 6.61 Å². The molecule has 2 rings (SSSR count). The highest BCUT2D eigenvalue weighted by atomic mass is 35.5. The van der Waals surface area contributed by atoms with Crippen LogP contribution in [0, 0.1) is 11.7 Å². The van der Waals surface area contributed by atoms with Crippen LogP contribution in [0.4, 0.5) is 4.39 Å². The molecular weight excluding hydrogens is 241 g/mol. The van der Waals surface area contributed by atoms with E-state index in [-0.39, 0.29) is 18.0 Å². The topological polar surface area (TPSA) is 35.2 Å². The molecule has 1 saturated heterocycles. The van der Waals surface area contributed by atoms with Gasteiger partial charge in [0.1, 0.15) is 5.82 Å². The summed E-state index contributed by atoms with van der Waals surface area (Å²) in [5, 5.41) is 0.546. The molecule has 1 fully saturated rings. The lowest BCUT2D eigenvalue weighted by molar-refractivity contribution is 0.0994. The molecule has 0 aliphatic carbocycles. The number of ether oxygens (including phenoxy) is 1. The van der Waals surface area contributed by atoms with E-state index in [9.17, 15) is 4.39 Å². The van der Waals surface area contributed by atoms with Crippen LogP contribution in [0.1, 0.15) is 18.9 Å². The van der Waals surface area contributed by atoms with E-state index in [1.807, 2.05) is 6.92 Å². The van der Waals surface area contributed by atoms with Crippen molar-refractivity contribution >= 4 is 11.6 Å². The Morgan fingerprint density at radius 1 is 1.59 bits per heavy atom. The molecule has 4 heteroatoms. The fraction of sp³-hybridized carbons (Fsp3) is 0.538. The standard InChI is InChI=1S/C13H17ClFNO/c1-8-11(4-5-17-8)13(16)7-9-6-10(14)2-3-12(9)15/h2-3,6,8,11,13H,4-5,7,16H2,1H3. The van der Waals surface area contributed by atoms with Crippen LogP contribution in [0.3, 0.4) is 0 Å². The Kier molecular flexibility index (Phi) is 4.02. The van der Waals surface area contributed by atoms with Crippen molar-refractivity contribution in [1.29, 1.82) is 0 Å². The highest BCUT2D eigenvalue weighted by molar-refractivity contribution is 6.30. The SMILES string of the molecule is CC1OCCC1C(N)Cc1cc(Cl)ccc1F. The van der Waals surface area contributed by atoms with Crippen LogP contribution < -0.4 is 5.73 Å². The second-order valence-corrected chi connectivity index (χ2v) is 5.07. The lowest BCUT2D eigenvalue weighted by atomic mass is 9.89. The summed E-state index contributed by atoms with van der Waals surface area (Å²) in [6, 6.07) is 4.50. The van der Waals surface area contributed by atoms with Crippen LogP contribution in [0.25, 0.3) is 0 Å². The predicted octanol–water partition coefficient (Wildman–Crippen LogP) is 2.77. The number of hydrogen-bond acceptors (Lipinski definition) is 2. The minimum Gasteiger partial charge on any atom is -0.378 e. The molecule has 3 atom stereocenters. The highest BCUT2D eigenvalue weighted by Gasteiger charge is 2.30. The first-order chi connectivity index (χ1) is 8.08.